The molecule has 2 heterocycles. The van der Waals surface area contributed by atoms with E-state index < -0.39 is 0 Å². The molecular formula is C13H18N4OS. The molecule has 0 spiro atoms. The standard InChI is InChI=1S/C13H18N4OS/c1-7-6-11(18-5)17-13(14-7)16-9(3)12-8(2)15-10(4)19-12/h6,9H,1-5H3,(H,14,16,17). The topological polar surface area (TPSA) is 59.9 Å². The molecule has 0 saturated carbocycles. The summed E-state index contributed by atoms with van der Waals surface area (Å²) in [6.45, 7) is 8.04. The van der Waals surface area contributed by atoms with Gasteiger partial charge in [-0.2, -0.15) is 4.98 Å². The summed E-state index contributed by atoms with van der Waals surface area (Å²) in [5.41, 5.74) is 1.93. The number of nitrogens with one attached hydrogen (secondary N) is 1. The van der Waals surface area contributed by atoms with Crippen LogP contribution in [0, 0.1) is 20.8 Å². The maximum Gasteiger partial charge on any atom is 0.226 e. The number of thiazole rings is 1. The first-order chi connectivity index (χ1) is 8.99. The minimum absolute atomic E-state index is 0.123. The lowest BCUT2D eigenvalue weighted by Gasteiger charge is -2.13. The Morgan fingerprint density at radius 3 is 2.53 bits per heavy atom. The van der Waals surface area contributed by atoms with Crippen molar-refractivity contribution in [2.75, 3.05) is 12.4 Å². The normalized spacial score (nSPS) is 12.3. The van der Waals surface area contributed by atoms with Crippen LogP contribution in [0.4, 0.5) is 5.95 Å². The number of methoxy groups -OCH3 is 1. The van der Waals surface area contributed by atoms with Crippen LogP contribution in [0.3, 0.4) is 0 Å². The fourth-order valence-corrected chi connectivity index (χ4v) is 2.85. The highest BCUT2D eigenvalue weighted by Gasteiger charge is 2.14. The van der Waals surface area contributed by atoms with Crippen molar-refractivity contribution in [1.29, 1.82) is 0 Å². The van der Waals surface area contributed by atoms with E-state index in [1.807, 2.05) is 20.8 Å². The van der Waals surface area contributed by atoms with Gasteiger partial charge in [-0.25, -0.2) is 9.97 Å². The monoisotopic (exact) mass is 278 g/mol. The average molecular weight is 278 g/mol. The van der Waals surface area contributed by atoms with Gasteiger partial charge < -0.3 is 10.1 Å². The van der Waals surface area contributed by atoms with Gasteiger partial charge >= 0.3 is 0 Å². The van der Waals surface area contributed by atoms with Crippen LogP contribution in [0.5, 0.6) is 5.88 Å². The van der Waals surface area contributed by atoms with Crippen LogP contribution in [-0.4, -0.2) is 22.1 Å². The third-order valence-corrected chi connectivity index (χ3v) is 3.97. The third-order valence-electron chi connectivity index (χ3n) is 2.72. The molecule has 0 radical (unpaired) electrons. The molecule has 2 aromatic rings. The number of anilines is 1. The van der Waals surface area contributed by atoms with E-state index in [0.717, 1.165) is 16.4 Å². The molecule has 0 saturated heterocycles. The molecule has 0 aromatic carbocycles. The second-order valence-electron chi connectivity index (χ2n) is 4.42. The fourth-order valence-electron chi connectivity index (χ4n) is 1.92. The average Bonchev–Trinajstić information content (AvgIpc) is 2.67. The van der Waals surface area contributed by atoms with E-state index in [1.165, 1.54) is 4.88 Å². The van der Waals surface area contributed by atoms with Crippen molar-refractivity contribution in [2.24, 2.45) is 0 Å². The molecule has 0 fully saturated rings. The van der Waals surface area contributed by atoms with Gasteiger partial charge in [0.15, 0.2) is 0 Å². The SMILES string of the molecule is COc1cc(C)nc(NC(C)c2sc(C)nc2C)n1. The molecule has 0 bridgehead atoms. The second-order valence-corrected chi connectivity index (χ2v) is 5.66. The zero-order valence-electron chi connectivity index (χ0n) is 11.8. The van der Waals surface area contributed by atoms with Crippen LogP contribution >= 0.6 is 11.3 Å². The Morgan fingerprint density at radius 1 is 1.21 bits per heavy atom. The Balaban J connectivity index is 2.21. The van der Waals surface area contributed by atoms with Crippen LogP contribution in [0.2, 0.25) is 0 Å². The largest absolute Gasteiger partial charge is 0.481 e. The van der Waals surface area contributed by atoms with Gasteiger partial charge in [-0.3, -0.25) is 0 Å². The Bertz CT molecular complexity index is 582. The Morgan fingerprint density at radius 2 is 1.95 bits per heavy atom. The van der Waals surface area contributed by atoms with Gasteiger partial charge in [0, 0.05) is 16.6 Å². The molecule has 5 nitrogen and oxygen atoms in total. The molecule has 1 atom stereocenters. The summed E-state index contributed by atoms with van der Waals surface area (Å²) in [4.78, 5) is 14.3. The van der Waals surface area contributed by atoms with Gasteiger partial charge in [-0.1, -0.05) is 0 Å². The number of nitrogens with zero attached hydrogens (tertiary/aromatic N) is 3. The summed E-state index contributed by atoms with van der Waals surface area (Å²) in [6.07, 6.45) is 0. The van der Waals surface area contributed by atoms with E-state index >= 15 is 0 Å². The summed E-state index contributed by atoms with van der Waals surface area (Å²) in [7, 11) is 1.60. The summed E-state index contributed by atoms with van der Waals surface area (Å²) in [5, 5.41) is 4.37. The zero-order chi connectivity index (χ0) is 14.0. The molecule has 0 aliphatic heterocycles. The van der Waals surface area contributed by atoms with Crippen molar-refractivity contribution >= 4 is 17.3 Å². The van der Waals surface area contributed by atoms with Crippen molar-refractivity contribution in [3.63, 3.8) is 0 Å². The predicted octanol–water partition coefficient (Wildman–Crippen LogP) is 3.04. The van der Waals surface area contributed by atoms with Gasteiger partial charge in [0.25, 0.3) is 0 Å². The zero-order valence-corrected chi connectivity index (χ0v) is 12.6. The second kappa shape index (κ2) is 5.52. The van der Waals surface area contributed by atoms with Crippen LogP contribution in [0.1, 0.15) is 34.2 Å². The van der Waals surface area contributed by atoms with Gasteiger partial charge in [-0.15, -0.1) is 11.3 Å². The minimum atomic E-state index is 0.123. The number of ether oxygens (including phenoxy) is 1. The van der Waals surface area contributed by atoms with Crippen molar-refractivity contribution in [3.8, 4) is 5.88 Å². The van der Waals surface area contributed by atoms with Crippen LogP contribution in [0.15, 0.2) is 6.07 Å². The van der Waals surface area contributed by atoms with Gasteiger partial charge in [0.1, 0.15) is 0 Å². The van der Waals surface area contributed by atoms with E-state index in [-0.39, 0.29) is 6.04 Å². The lowest BCUT2D eigenvalue weighted by Crippen LogP contribution is -2.10. The predicted molar refractivity (Wildman–Crippen MR) is 76.9 cm³/mol. The van der Waals surface area contributed by atoms with E-state index in [9.17, 15) is 0 Å². The molecule has 102 valence electrons. The van der Waals surface area contributed by atoms with Gasteiger partial charge in [0.2, 0.25) is 11.8 Å². The third kappa shape index (κ3) is 3.20. The Kier molecular flexibility index (Phi) is 3.99. The first-order valence-electron chi connectivity index (χ1n) is 6.09. The molecule has 19 heavy (non-hydrogen) atoms. The summed E-state index contributed by atoms with van der Waals surface area (Å²) < 4.78 is 5.15. The molecule has 0 aliphatic rings. The molecule has 2 aromatic heterocycles. The molecule has 0 amide bonds. The van der Waals surface area contributed by atoms with Gasteiger partial charge in [-0.05, 0) is 27.7 Å². The van der Waals surface area contributed by atoms with E-state index in [0.29, 0.717) is 11.8 Å². The number of rotatable bonds is 4. The number of aromatic nitrogens is 3. The quantitative estimate of drug-likeness (QED) is 0.931. The molecular weight excluding hydrogens is 260 g/mol. The maximum atomic E-state index is 5.15. The summed E-state index contributed by atoms with van der Waals surface area (Å²) in [5.74, 6) is 1.15. The van der Waals surface area contributed by atoms with Gasteiger partial charge in [0.05, 0.1) is 23.9 Å². The van der Waals surface area contributed by atoms with Crippen molar-refractivity contribution in [1.82, 2.24) is 15.0 Å². The van der Waals surface area contributed by atoms with Crippen LogP contribution in [-0.2, 0) is 0 Å². The highest BCUT2D eigenvalue weighted by molar-refractivity contribution is 7.11. The van der Waals surface area contributed by atoms with E-state index in [2.05, 4.69) is 27.2 Å². The molecule has 1 unspecified atom stereocenters. The number of hydrogen-bond acceptors (Lipinski definition) is 6. The smallest absolute Gasteiger partial charge is 0.226 e. The lowest BCUT2D eigenvalue weighted by atomic mass is 10.2. The van der Waals surface area contributed by atoms with Crippen LogP contribution < -0.4 is 10.1 Å². The highest BCUT2D eigenvalue weighted by atomic mass is 32.1. The van der Waals surface area contributed by atoms with Crippen molar-refractivity contribution < 1.29 is 4.74 Å². The molecule has 0 aliphatic carbocycles. The first-order valence-corrected chi connectivity index (χ1v) is 6.91. The van der Waals surface area contributed by atoms with E-state index in [4.69, 9.17) is 4.74 Å². The molecule has 1 N–H and O–H groups in total. The number of hydrogen-bond donors (Lipinski definition) is 1. The maximum absolute atomic E-state index is 5.15. The van der Waals surface area contributed by atoms with Crippen molar-refractivity contribution in [2.45, 2.75) is 33.7 Å². The van der Waals surface area contributed by atoms with E-state index in [1.54, 1.807) is 24.5 Å². The summed E-state index contributed by atoms with van der Waals surface area (Å²) >= 11 is 1.70. The van der Waals surface area contributed by atoms with Crippen molar-refractivity contribution in [3.05, 3.63) is 27.3 Å². The highest BCUT2D eigenvalue weighted by Crippen LogP contribution is 2.27. The Hall–Kier alpha value is -1.69. The summed E-state index contributed by atoms with van der Waals surface area (Å²) in [6, 6.07) is 1.93. The Labute approximate surface area is 117 Å². The first kappa shape index (κ1) is 13.7. The fraction of sp³-hybridized carbons (Fsp3) is 0.462. The minimum Gasteiger partial charge on any atom is -0.481 e. The van der Waals surface area contributed by atoms with Crippen LogP contribution in [0.25, 0.3) is 0 Å². The lowest BCUT2D eigenvalue weighted by molar-refractivity contribution is 0.397. The molecule has 2 rings (SSSR count). The number of aryl methyl sites for hydroxylation is 3. The molecule has 6 heteroatoms.